The van der Waals surface area contributed by atoms with Crippen LogP contribution < -0.4 is 0 Å². The lowest BCUT2D eigenvalue weighted by Gasteiger charge is -2.56. The quantitative estimate of drug-likeness (QED) is 0.686. The van der Waals surface area contributed by atoms with Gasteiger partial charge in [-0.25, -0.2) is 0 Å². The van der Waals surface area contributed by atoms with Crippen LogP contribution in [0.2, 0.25) is 0 Å². The third-order valence-corrected chi connectivity index (χ3v) is 3.69. The van der Waals surface area contributed by atoms with Crippen molar-refractivity contribution in [1.82, 2.24) is 9.80 Å². The Morgan fingerprint density at radius 2 is 1.93 bits per heavy atom. The fraction of sp³-hybridized carbons (Fsp3) is 1.00. The van der Waals surface area contributed by atoms with Crippen LogP contribution in [0, 0.1) is 0 Å². The van der Waals surface area contributed by atoms with Crippen molar-refractivity contribution in [2.45, 2.75) is 25.5 Å². The Morgan fingerprint density at radius 3 is 2.27 bits per heavy atom. The first-order valence-electron chi connectivity index (χ1n) is 5.93. The molecule has 2 saturated heterocycles. The zero-order chi connectivity index (χ0) is 10.9. The first-order valence-corrected chi connectivity index (χ1v) is 5.93. The maximum atomic E-state index is 9.35. The number of aliphatic hydroxyl groups is 1. The zero-order valence-corrected chi connectivity index (χ0v) is 9.78. The van der Waals surface area contributed by atoms with Crippen LogP contribution in [0.1, 0.15) is 13.8 Å². The second-order valence-corrected chi connectivity index (χ2v) is 4.74. The molecule has 0 amide bonds. The van der Waals surface area contributed by atoms with Crippen LogP contribution in [-0.2, 0) is 4.74 Å². The molecule has 2 aliphatic heterocycles. The number of nitrogens with zero attached hydrogens (tertiary/aromatic N) is 2. The molecule has 0 saturated carbocycles. The van der Waals surface area contributed by atoms with Gasteiger partial charge in [-0.1, -0.05) is 13.8 Å². The maximum absolute atomic E-state index is 9.35. The van der Waals surface area contributed by atoms with Crippen molar-refractivity contribution < 1.29 is 9.84 Å². The average molecular weight is 214 g/mol. The molecule has 1 N–H and O–H groups in total. The average Bonchev–Trinajstić information content (AvgIpc) is 2.14. The van der Waals surface area contributed by atoms with Gasteiger partial charge in [-0.2, -0.15) is 0 Å². The highest BCUT2D eigenvalue weighted by atomic mass is 16.5. The summed E-state index contributed by atoms with van der Waals surface area (Å²) < 4.78 is 5.37. The topological polar surface area (TPSA) is 35.9 Å². The van der Waals surface area contributed by atoms with Crippen LogP contribution in [0.5, 0.6) is 0 Å². The van der Waals surface area contributed by atoms with Crippen LogP contribution in [0.3, 0.4) is 0 Å². The highest BCUT2D eigenvalue weighted by molar-refractivity contribution is 5.03. The summed E-state index contributed by atoms with van der Waals surface area (Å²) in [5.74, 6) is 0. The molecule has 0 aromatic heterocycles. The van der Waals surface area contributed by atoms with Gasteiger partial charge in [-0.05, 0) is 13.1 Å². The van der Waals surface area contributed by atoms with Gasteiger partial charge in [0.1, 0.15) is 0 Å². The second-order valence-electron chi connectivity index (χ2n) is 4.74. The van der Waals surface area contributed by atoms with E-state index >= 15 is 0 Å². The predicted molar refractivity (Wildman–Crippen MR) is 58.9 cm³/mol. The molecule has 0 aromatic rings. The number of likely N-dealkylation sites (N-methyl/N-ethyl adjacent to an activating group) is 1. The predicted octanol–water partition coefficient (Wildman–Crippen LogP) is -0.226. The fourth-order valence-corrected chi connectivity index (χ4v) is 2.42. The lowest BCUT2D eigenvalue weighted by Crippen LogP contribution is -2.73. The van der Waals surface area contributed by atoms with Gasteiger partial charge >= 0.3 is 0 Å². The monoisotopic (exact) mass is 214 g/mol. The van der Waals surface area contributed by atoms with Gasteiger partial charge in [-0.15, -0.1) is 0 Å². The smallest absolute Gasteiger partial charge is 0.0808 e. The molecule has 0 bridgehead atoms. The van der Waals surface area contributed by atoms with Crippen molar-refractivity contribution in [2.24, 2.45) is 0 Å². The molecule has 2 rings (SSSR count). The first-order chi connectivity index (χ1) is 7.20. The number of hydrogen-bond donors (Lipinski definition) is 1. The molecule has 4 nitrogen and oxygen atoms in total. The summed E-state index contributed by atoms with van der Waals surface area (Å²) in [5, 5.41) is 9.35. The Labute approximate surface area is 91.8 Å². The SMILES string of the molecule is CCN(CC)CC1(N2CC(O)C2)COC1. The summed E-state index contributed by atoms with van der Waals surface area (Å²) in [5.41, 5.74) is 0.200. The molecular weight excluding hydrogens is 192 g/mol. The van der Waals surface area contributed by atoms with Crippen molar-refractivity contribution in [1.29, 1.82) is 0 Å². The minimum Gasteiger partial charge on any atom is -0.390 e. The van der Waals surface area contributed by atoms with Crippen molar-refractivity contribution >= 4 is 0 Å². The third kappa shape index (κ3) is 2.04. The van der Waals surface area contributed by atoms with Gasteiger partial charge in [0.05, 0.1) is 24.9 Å². The zero-order valence-electron chi connectivity index (χ0n) is 9.78. The lowest BCUT2D eigenvalue weighted by molar-refractivity contribution is -0.192. The minimum atomic E-state index is -0.112. The van der Waals surface area contributed by atoms with E-state index in [2.05, 4.69) is 23.6 Å². The molecule has 0 radical (unpaired) electrons. The van der Waals surface area contributed by atoms with E-state index in [4.69, 9.17) is 4.74 Å². The molecule has 88 valence electrons. The summed E-state index contributed by atoms with van der Waals surface area (Å²) in [4.78, 5) is 4.81. The van der Waals surface area contributed by atoms with Gasteiger partial charge in [0.15, 0.2) is 0 Å². The number of hydrogen-bond acceptors (Lipinski definition) is 4. The summed E-state index contributed by atoms with van der Waals surface area (Å²) in [7, 11) is 0. The molecule has 0 aliphatic carbocycles. The Hall–Kier alpha value is -0.160. The number of aliphatic hydroxyl groups excluding tert-OH is 1. The molecule has 15 heavy (non-hydrogen) atoms. The van der Waals surface area contributed by atoms with Crippen molar-refractivity contribution in [2.75, 3.05) is 45.9 Å². The van der Waals surface area contributed by atoms with Gasteiger partial charge in [0.25, 0.3) is 0 Å². The minimum absolute atomic E-state index is 0.112. The second kappa shape index (κ2) is 4.37. The molecule has 0 aromatic carbocycles. The van der Waals surface area contributed by atoms with Crippen molar-refractivity contribution in [3.05, 3.63) is 0 Å². The summed E-state index contributed by atoms with van der Waals surface area (Å²) >= 11 is 0. The Morgan fingerprint density at radius 1 is 1.33 bits per heavy atom. The van der Waals surface area contributed by atoms with Crippen molar-refractivity contribution in [3.63, 3.8) is 0 Å². The van der Waals surface area contributed by atoms with E-state index in [9.17, 15) is 5.11 Å². The fourth-order valence-electron chi connectivity index (χ4n) is 2.42. The van der Waals surface area contributed by atoms with Crippen LogP contribution >= 0.6 is 0 Å². The van der Waals surface area contributed by atoms with Crippen molar-refractivity contribution in [3.8, 4) is 0 Å². The Kier molecular flexibility index (Phi) is 3.30. The molecule has 2 aliphatic rings. The Bertz CT molecular complexity index is 209. The maximum Gasteiger partial charge on any atom is 0.0808 e. The number of likely N-dealkylation sites (tertiary alicyclic amines) is 1. The summed E-state index contributed by atoms with van der Waals surface area (Å²) in [6.45, 7) is 11.0. The largest absolute Gasteiger partial charge is 0.390 e. The number of ether oxygens (including phenoxy) is 1. The molecule has 2 heterocycles. The van der Waals surface area contributed by atoms with Crippen LogP contribution in [0.15, 0.2) is 0 Å². The van der Waals surface area contributed by atoms with E-state index in [1.165, 1.54) is 0 Å². The van der Waals surface area contributed by atoms with Gasteiger partial charge in [0.2, 0.25) is 0 Å². The summed E-state index contributed by atoms with van der Waals surface area (Å²) in [6, 6.07) is 0. The van der Waals surface area contributed by atoms with Crippen LogP contribution in [0.4, 0.5) is 0 Å². The number of rotatable bonds is 5. The van der Waals surface area contributed by atoms with E-state index in [1.54, 1.807) is 0 Å². The van der Waals surface area contributed by atoms with E-state index in [0.29, 0.717) is 0 Å². The Balaban J connectivity index is 1.90. The number of β-amino-alcohol motifs (C(OH)–C–C–N with tert-alkyl or cyclic N) is 1. The van der Waals surface area contributed by atoms with Gasteiger partial charge < -0.3 is 14.7 Å². The highest BCUT2D eigenvalue weighted by Gasteiger charge is 2.49. The summed E-state index contributed by atoms with van der Waals surface area (Å²) in [6.07, 6.45) is -0.112. The standard InChI is InChI=1S/C11H22N2O2/c1-3-12(4-2)7-11(8-15-9-11)13-5-10(14)6-13/h10,14H,3-9H2,1-2H3. The van der Waals surface area contributed by atoms with Crippen LogP contribution in [0.25, 0.3) is 0 Å². The molecular formula is C11H22N2O2. The molecule has 0 spiro atoms. The normalized spacial score (nSPS) is 26.4. The highest BCUT2D eigenvalue weighted by Crippen LogP contribution is 2.30. The van der Waals surface area contributed by atoms with Gasteiger partial charge in [-0.3, -0.25) is 4.90 Å². The third-order valence-electron chi connectivity index (χ3n) is 3.69. The lowest BCUT2D eigenvalue weighted by atomic mass is 9.89. The molecule has 4 heteroatoms. The van der Waals surface area contributed by atoms with Crippen LogP contribution in [-0.4, -0.2) is 72.5 Å². The van der Waals surface area contributed by atoms with E-state index in [-0.39, 0.29) is 11.6 Å². The molecule has 0 unspecified atom stereocenters. The first kappa shape index (κ1) is 11.3. The van der Waals surface area contributed by atoms with E-state index < -0.39 is 0 Å². The molecule has 2 fully saturated rings. The molecule has 0 atom stereocenters. The van der Waals surface area contributed by atoms with E-state index in [1.807, 2.05) is 0 Å². The van der Waals surface area contributed by atoms with E-state index in [0.717, 1.165) is 45.9 Å². The van der Waals surface area contributed by atoms with Gasteiger partial charge in [0, 0.05) is 19.6 Å².